The Morgan fingerprint density at radius 3 is 1.83 bits per heavy atom. The molecule has 0 aliphatic rings. The van der Waals surface area contributed by atoms with Gasteiger partial charge in [-0.25, -0.2) is 4.79 Å². The smallest absolute Gasteiger partial charge is 0.336 e. The van der Waals surface area contributed by atoms with Crippen LogP contribution < -0.4 is 0 Å². The van der Waals surface area contributed by atoms with E-state index in [1.54, 1.807) is 0 Å². The molecule has 0 amide bonds. The predicted molar refractivity (Wildman–Crippen MR) is 104 cm³/mol. The van der Waals surface area contributed by atoms with Gasteiger partial charge in [-0.1, -0.05) is 60.7 Å². The lowest BCUT2D eigenvalue weighted by Crippen LogP contribution is -2.43. The van der Waals surface area contributed by atoms with Gasteiger partial charge in [0.25, 0.3) is 0 Å². The van der Waals surface area contributed by atoms with E-state index in [2.05, 4.69) is 0 Å². The van der Waals surface area contributed by atoms with Crippen molar-refractivity contribution in [3.63, 3.8) is 0 Å². The van der Waals surface area contributed by atoms with Gasteiger partial charge < -0.3 is 20.1 Å². The van der Waals surface area contributed by atoms with Gasteiger partial charge in [0.2, 0.25) is 0 Å². The molecular formula is C22H24O7. The second-order valence-electron chi connectivity index (χ2n) is 6.82. The maximum absolute atomic E-state index is 11.9. The van der Waals surface area contributed by atoms with Crippen LogP contribution >= 0.6 is 0 Å². The van der Waals surface area contributed by atoms with Crippen molar-refractivity contribution in [1.29, 1.82) is 0 Å². The van der Waals surface area contributed by atoms with Gasteiger partial charge in [-0.3, -0.25) is 9.59 Å². The summed E-state index contributed by atoms with van der Waals surface area (Å²) in [6.07, 6.45) is -0.790. The van der Waals surface area contributed by atoms with Crippen LogP contribution in [0.25, 0.3) is 0 Å². The molecule has 1 atom stereocenters. The van der Waals surface area contributed by atoms with Crippen molar-refractivity contribution in [2.24, 2.45) is 0 Å². The minimum atomic E-state index is -2.68. The lowest BCUT2D eigenvalue weighted by atomic mass is 9.87. The van der Waals surface area contributed by atoms with E-state index in [4.69, 9.17) is 14.9 Å². The molecule has 0 radical (unpaired) electrons. The van der Waals surface area contributed by atoms with Gasteiger partial charge in [-0.15, -0.1) is 0 Å². The number of carboxylic acids is 2. The number of aliphatic carboxylic acids is 2. The molecule has 29 heavy (non-hydrogen) atoms. The first kappa shape index (κ1) is 22.1. The topological polar surface area (TPSA) is 121 Å². The van der Waals surface area contributed by atoms with Crippen molar-refractivity contribution in [3.05, 3.63) is 71.8 Å². The summed E-state index contributed by atoms with van der Waals surface area (Å²) in [6.45, 7) is 0.0395. The average molecular weight is 400 g/mol. The molecule has 7 nitrogen and oxygen atoms in total. The fraction of sp³-hybridized carbons (Fsp3) is 0.318. The number of hydrogen-bond donors (Lipinski definition) is 3. The Kier molecular flexibility index (Phi) is 7.91. The number of carbonyl (C=O) groups excluding carboxylic acids is 1. The van der Waals surface area contributed by atoms with Crippen LogP contribution in [0.15, 0.2) is 60.7 Å². The Bertz CT molecular complexity index is 780. The Morgan fingerprint density at radius 2 is 1.38 bits per heavy atom. The average Bonchev–Trinajstić information content (AvgIpc) is 2.68. The van der Waals surface area contributed by atoms with Crippen molar-refractivity contribution in [1.82, 2.24) is 0 Å². The van der Waals surface area contributed by atoms with Crippen LogP contribution in [0.5, 0.6) is 0 Å². The second kappa shape index (κ2) is 10.4. The van der Waals surface area contributed by atoms with Crippen molar-refractivity contribution in [2.45, 2.75) is 37.2 Å². The van der Waals surface area contributed by atoms with Crippen LogP contribution in [-0.2, 0) is 19.1 Å². The molecule has 0 saturated carbocycles. The minimum Gasteiger partial charge on any atom is -0.481 e. The van der Waals surface area contributed by atoms with Gasteiger partial charge in [0.05, 0.1) is 19.4 Å². The number of carboxylic acid groups (broad SMARTS) is 2. The highest BCUT2D eigenvalue weighted by molar-refractivity contribution is 5.88. The van der Waals surface area contributed by atoms with E-state index in [1.807, 2.05) is 60.7 Å². The van der Waals surface area contributed by atoms with Crippen LogP contribution in [-0.4, -0.2) is 45.4 Å². The molecular weight excluding hydrogens is 376 g/mol. The van der Waals surface area contributed by atoms with E-state index in [-0.39, 0.29) is 12.5 Å². The zero-order chi connectivity index (χ0) is 21.3. The van der Waals surface area contributed by atoms with Crippen LogP contribution in [0, 0.1) is 0 Å². The first-order valence-corrected chi connectivity index (χ1v) is 9.25. The largest absolute Gasteiger partial charge is 0.481 e. The normalized spacial score (nSPS) is 12.9. The zero-order valence-corrected chi connectivity index (χ0v) is 15.9. The third kappa shape index (κ3) is 6.73. The third-order valence-electron chi connectivity index (χ3n) is 4.58. The summed E-state index contributed by atoms with van der Waals surface area (Å²) >= 11 is 0. The number of hydrogen-bond acceptors (Lipinski definition) is 5. The Labute approximate surface area is 168 Å². The second-order valence-corrected chi connectivity index (χ2v) is 6.82. The van der Waals surface area contributed by atoms with Crippen molar-refractivity contribution in [2.75, 3.05) is 6.61 Å². The summed E-state index contributed by atoms with van der Waals surface area (Å²) in [5.41, 5.74) is -0.419. The van der Waals surface area contributed by atoms with Crippen LogP contribution in [0.2, 0.25) is 0 Å². The lowest BCUT2D eigenvalue weighted by molar-refractivity contribution is -0.172. The molecule has 0 bridgehead atoms. The molecule has 0 aliphatic carbocycles. The van der Waals surface area contributed by atoms with Gasteiger partial charge >= 0.3 is 17.9 Å². The van der Waals surface area contributed by atoms with Gasteiger partial charge in [-0.2, -0.15) is 0 Å². The van der Waals surface area contributed by atoms with E-state index in [0.717, 1.165) is 11.1 Å². The monoisotopic (exact) mass is 400 g/mol. The fourth-order valence-corrected chi connectivity index (χ4v) is 3.12. The van der Waals surface area contributed by atoms with Gasteiger partial charge in [0.15, 0.2) is 5.60 Å². The fourth-order valence-electron chi connectivity index (χ4n) is 3.12. The summed E-state index contributed by atoms with van der Waals surface area (Å²) in [7, 11) is 0. The Hall–Kier alpha value is -3.19. The molecule has 154 valence electrons. The summed E-state index contributed by atoms with van der Waals surface area (Å²) < 4.78 is 5.04. The van der Waals surface area contributed by atoms with E-state index in [9.17, 15) is 19.5 Å². The van der Waals surface area contributed by atoms with Gasteiger partial charge in [0.1, 0.15) is 0 Å². The summed E-state index contributed by atoms with van der Waals surface area (Å²) in [4.78, 5) is 33.7. The number of carbonyl (C=O) groups is 3. The van der Waals surface area contributed by atoms with Crippen LogP contribution in [0.3, 0.4) is 0 Å². The van der Waals surface area contributed by atoms with E-state index < -0.39 is 36.4 Å². The molecule has 0 fully saturated rings. The van der Waals surface area contributed by atoms with Crippen LogP contribution in [0.4, 0.5) is 0 Å². The number of benzene rings is 2. The first-order valence-electron chi connectivity index (χ1n) is 9.25. The van der Waals surface area contributed by atoms with Gasteiger partial charge in [0, 0.05) is 5.92 Å². The molecule has 0 aliphatic heterocycles. The molecule has 0 spiro atoms. The quantitative estimate of drug-likeness (QED) is 0.392. The zero-order valence-electron chi connectivity index (χ0n) is 15.9. The van der Waals surface area contributed by atoms with Crippen molar-refractivity contribution >= 4 is 17.9 Å². The molecule has 2 aromatic rings. The Balaban J connectivity index is 1.92. The maximum atomic E-state index is 11.9. The first-order chi connectivity index (χ1) is 13.8. The van der Waals surface area contributed by atoms with E-state index >= 15 is 0 Å². The van der Waals surface area contributed by atoms with Crippen molar-refractivity contribution in [3.8, 4) is 0 Å². The number of esters is 1. The molecule has 0 heterocycles. The number of aliphatic hydroxyl groups is 1. The molecule has 2 aromatic carbocycles. The summed E-state index contributed by atoms with van der Waals surface area (Å²) in [6, 6.07) is 19.8. The number of ether oxygens (including phenoxy) is 1. The molecule has 0 aromatic heterocycles. The standard InChI is InChI=1S/C22H24O7/c23-19(24)14-22(28,21(26)27)15-20(25)29-13-7-12-18(16-8-3-1-4-9-16)17-10-5-2-6-11-17/h1-6,8-11,18,28H,7,12-15H2,(H,23,24)(H,26,27). The highest BCUT2D eigenvalue weighted by atomic mass is 16.5. The Morgan fingerprint density at radius 1 is 0.862 bits per heavy atom. The third-order valence-corrected chi connectivity index (χ3v) is 4.58. The summed E-state index contributed by atoms with van der Waals surface area (Å²) in [5, 5.41) is 27.6. The highest BCUT2D eigenvalue weighted by Crippen LogP contribution is 2.29. The van der Waals surface area contributed by atoms with Gasteiger partial charge in [-0.05, 0) is 24.0 Å². The lowest BCUT2D eigenvalue weighted by Gasteiger charge is -2.21. The molecule has 2 rings (SSSR count). The molecule has 0 saturated heterocycles. The minimum absolute atomic E-state index is 0.0395. The molecule has 7 heteroatoms. The SMILES string of the molecule is O=C(O)CC(O)(CC(=O)OCCCC(c1ccccc1)c1ccccc1)C(=O)O. The molecule has 3 N–H and O–H groups in total. The summed E-state index contributed by atoms with van der Waals surface area (Å²) in [5.74, 6) is -4.13. The van der Waals surface area contributed by atoms with E-state index in [1.165, 1.54) is 0 Å². The highest BCUT2D eigenvalue weighted by Gasteiger charge is 2.41. The predicted octanol–water partition coefficient (Wildman–Crippen LogP) is 2.82. The van der Waals surface area contributed by atoms with Crippen molar-refractivity contribution < 1.29 is 34.4 Å². The maximum Gasteiger partial charge on any atom is 0.336 e. The number of rotatable bonds is 11. The van der Waals surface area contributed by atoms with E-state index in [0.29, 0.717) is 12.8 Å². The molecule has 1 unspecified atom stereocenters. The van der Waals surface area contributed by atoms with Crippen LogP contribution in [0.1, 0.15) is 42.7 Å².